The summed E-state index contributed by atoms with van der Waals surface area (Å²) in [5, 5.41) is 16.3. The number of hydrogen-bond acceptors (Lipinski definition) is 4. The van der Waals surface area contributed by atoms with Crippen LogP contribution in [0.4, 0.5) is 4.79 Å². The number of halogens is 1. The van der Waals surface area contributed by atoms with Gasteiger partial charge in [0.1, 0.15) is 5.60 Å². The number of aryl methyl sites for hydroxylation is 2. The first-order valence-corrected chi connectivity index (χ1v) is 9.29. The van der Waals surface area contributed by atoms with E-state index in [4.69, 9.17) is 4.74 Å². The Kier molecular flexibility index (Phi) is 12.9. The number of amides is 1. The van der Waals surface area contributed by atoms with E-state index in [2.05, 4.69) is 31.1 Å². The standard InChI is InChI=1S/C18H34N6O2.HI/c1-6-19-16(20-10-7-9-15-13-23-24-14(15)2)21-11-8-12-22-17(25)26-18(3,4)5;/h13H,6-12H2,1-5H3,(H,22,25)(H,23,24)(H2,19,20,21);1H. The third-order valence-electron chi connectivity index (χ3n) is 3.47. The van der Waals surface area contributed by atoms with E-state index in [-0.39, 0.29) is 30.1 Å². The molecule has 1 aromatic rings. The minimum absolute atomic E-state index is 0. The molecule has 27 heavy (non-hydrogen) atoms. The Labute approximate surface area is 179 Å². The Balaban J connectivity index is 0.00000676. The molecule has 1 rings (SSSR count). The van der Waals surface area contributed by atoms with Crippen molar-refractivity contribution in [3.8, 4) is 0 Å². The fourth-order valence-electron chi connectivity index (χ4n) is 2.23. The van der Waals surface area contributed by atoms with Gasteiger partial charge in [-0.2, -0.15) is 5.10 Å². The van der Waals surface area contributed by atoms with Crippen LogP contribution in [0.1, 0.15) is 51.8 Å². The minimum atomic E-state index is -0.473. The van der Waals surface area contributed by atoms with Crippen molar-refractivity contribution in [3.63, 3.8) is 0 Å². The van der Waals surface area contributed by atoms with Crippen molar-refractivity contribution >= 4 is 36.0 Å². The second kappa shape index (κ2) is 13.6. The van der Waals surface area contributed by atoms with Gasteiger partial charge in [-0.1, -0.05) is 0 Å². The van der Waals surface area contributed by atoms with E-state index in [0.717, 1.165) is 44.0 Å². The number of ether oxygens (including phenoxy) is 1. The maximum atomic E-state index is 11.6. The zero-order chi connectivity index (χ0) is 19.4. The lowest BCUT2D eigenvalue weighted by Gasteiger charge is -2.19. The molecule has 4 N–H and O–H groups in total. The van der Waals surface area contributed by atoms with E-state index in [1.54, 1.807) is 0 Å². The van der Waals surface area contributed by atoms with Gasteiger partial charge in [0.15, 0.2) is 5.96 Å². The van der Waals surface area contributed by atoms with Crippen LogP contribution in [0.2, 0.25) is 0 Å². The van der Waals surface area contributed by atoms with Crippen molar-refractivity contribution in [1.82, 2.24) is 26.1 Å². The smallest absolute Gasteiger partial charge is 0.407 e. The molecule has 1 aromatic heterocycles. The van der Waals surface area contributed by atoms with Gasteiger partial charge in [-0.3, -0.25) is 10.1 Å². The average Bonchev–Trinajstić information content (AvgIpc) is 2.94. The van der Waals surface area contributed by atoms with Gasteiger partial charge in [0, 0.05) is 31.9 Å². The SMILES string of the molecule is CCNC(=NCCCNC(=O)OC(C)(C)C)NCCCc1cn[nH]c1C.I. The molecule has 0 saturated heterocycles. The molecule has 156 valence electrons. The van der Waals surface area contributed by atoms with Gasteiger partial charge in [-0.25, -0.2) is 4.79 Å². The number of carbonyl (C=O) groups excluding carboxylic acids is 1. The summed E-state index contributed by atoms with van der Waals surface area (Å²) in [4.78, 5) is 16.1. The number of aliphatic imine (C=N–C) groups is 1. The van der Waals surface area contributed by atoms with E-state index < -0.39 is 5.60 Å². The Morgan fingerprint density at radius 3 is 2.52 bits per heavy atom. The number of hydrogen-bond donors (Lipinski definition) is 4. The van der Waals surface area contributed by atoms with Crippen molar-refractivity contribution in [2.45, 2.75) is 59.5 Å². The van der Waals surface area contributed by atoms with Crippen LogP contribution in [0.5, 0.6) is 0 Å². The molecule has 9 heteroatoms. The van der Waals surface area contributed by atoms with Gasteiger partial charge in [0.05, 0.1) is 6.20 Å². The summed E-state index contributed by atoms with van der Waals surface area (Å²) in [6, 6.07) is 0. The van der Waals surface area contributed by atoms with Gasteiger partial charge in [-0.05, 0) is 59.4 Å². The van der Waals surface area contributed by atoms with Crippen molar-refractivity contribution in [2.24, 2.45) is 4.99 Å². The van der Waals surface area contributed by atoms with Crippen LogP contribution in [-0.4, -0.2) is 54.0 Å². The van der Waals surface area contributed by atoms with E-state index in [0.29, 0.717) is 13.1 Å². The van der Waals surface area contributed by atoms with Crippen LogP contribution in [0, 0.1) is 6.92 Å². The molecule has 0 aromatic carbocycles. The van der Waals surface area contributed by atoms with Crippen LogP contribution in [-0.2, 0) is 11.2 Å². The third-order valence-corrected chi connectivity index (χ3v) is 3.47. The van der Waals surface area contributed by atoms with Crippen molar-refractivity contribution in [2.75, 3.05) is 26.2 Å². The Bertz CT molecular complexity index is 568. The highest BCUT2D eigenvalue weighted by Crippen LogP contribution is 2.06. The largest absolute Gasteiger partial charge is 0.444 e. The molecular weight excluding hydrogens is 459 g/mol. The fourth-order valence-corrected chi connectivity index (χ4v) is 2.23. The lowest BCUT2D eigenvalue weighted by molar-refractivity contribution is 0.0527. The Hall–Kier alpha value is -1.52. The molecule has 1 heterocycles. The lowest BCUT2D eigenvalue weighted by atomic mass is 10.1. The van der Waals surface area contributed by atoms with Crippen molar-refractivity contribution in [3.05, 3.63) is 17.5 Å². The molecular formula is C18H35IN6O2. The predicted molar refractivity (Wildman–Crippen MR) is 120 cm³/mol. The molecule has 0 atom stereocenters. The summed E-state index contributed by atoms with van der Waals surface area (Å²) in [5.74, 6) is 0.800. The van der Waals surface area contributed by atoms with Crippen molar-refractivity contribution < 1.29 is 9.53 Å². The number of aromatic amines is 1. The quantitative estimate of drug-likeness (QED) is 0.183. The zero-order valence-corrected chi connectivity index (χ0v) is 19.5. The molecule has 0 aliphatic carbocycles. The zero-order valence-electron chi connectivity index (χ0n) is 17.1. The van der Waals surface area contributed by atoms with Crippen LogP contribution < -0.4 is 16.0 Å². The summed E-state index contributed by atoms with van der Waals surface area (Å²) >= 11 is 0. The minimum Gasteiger partial charge on any atom is -0.444 e. The number of nitrogens with one attached hydrogen (secondary N) is 4. The molecule has 0 unspecified atom stereocenters. The van der Waals surface area contributed by atoms with Gasteiger partial charge in [0.2, 0.25) is 0 Å². The first-order valence-electron chi connectivity index (χ1n) is 9.29. The third kappa shape index (κ3) is 12.5. The number of rotatable bonds is 9. The van der Waals surface area contributed by atoms with Crippen LogP contribution in [0.15, 0.2) is 11.2 Å². The van der Waals surface area contributed by atoms with Crippen molar-refractivity contribution in [1.29, 1.82) is 0 Å². The molecule has 1 amide bonds. The number of carbonyl (C=O) groups is 1. The maximum absolute atomic E-state index is 11.6. The predicted octanol–water partition coefficient (Wildman–Crippen LogP) is 2.74. The maximum Gasteiger partial charge on any atom is 0.407 e. The van der Waals surface area contributed by atoms with Gasteiger partial charge in [0.25, 0.3) is 0 Å². The second-order valence-electron chi connectivity index (χ2n) is 7.09. The average molecular weight is 494 g/mol. The normalized spacial score (nSPS) is 11.5. The summed E-state index contributed by atoms with van der Waals surface area (Å²) in [6.45, 7) is 12.4. The van der Waals surface area contributed by atoms with E-state index in [1.807, 2.05) is 40.8 Å². The molecule has 0 aliphatic rings. The van der Waals surface area contributed by atoms with Crippen LogP contribution in [0.25, 0.3) is 0 Å². The van der Waals surface area contributed by atoms with E-state index in [1.165, 1.54) is 5.56 Å². The highest BCUT2D eigenvalue weighted by atomic mass is 127. The molecule has 0 aliphatic heterocycles. The molecule has 0 fully saturated rings. The summed E-state index contributed by atoms with van der Waals surface area (Å²) in [7, 11) is 0. The number of aromatic nitrogens is 2. The Morgan fingerprint density at radius 2 is 1.93 bits per heavy atom. The number of H-pyrrole nitrogens is 1. The van der Waals surface area contributed by atoms with E-state index in [9.17, 15) is 4.79 Å². The van der Waals surface area contributed by atoms with Gasteiger partial charge < -0.3 is 20.7 Å². The topological polar surface area (TPSA) is 103 Å². The number of nitrogens with zero attached hydrogens (tertiary/aromatic N) is 2. The van der Waals surface area contributed by atoms with Crippen LogP contribution >= 0.6 is 24.0 Å². The monoisotopic (exact) mass is 494 g/mol. The first-order chi connectivity index (χ1) is 12.3. The summed E-state index contributed by atoms with van der Waals surface area (Å²) in [5.41, 5.74) is 1.91. The molecule has 0 saturated carbocycles. The summed E-state index contributed by atoms with van der Waals surface area (Å²) < 4.78 is 5.19. The number of alkyl carbamates (subject to hydrolysis) is 1. The highest BCUT2D eigenvalue weighted by molar-refractivity contribution is 14.0. The van der Waals surface area contributed by atoms with E-state index >= 15 is 0 Å². The second-order valence-corrected chi connectivity index (χ2v) is 7.09. The fraction of sp³-hybridized carbons (Fsp3) is 0.722. The molecule has 0 radical (unpaired) electrons. The lowest BCUT2D eigenvalue weighted by Crippen LogP contribution is -2.38. The molecule has 8 nitrogen and oxygen atoms in total. The highest BCUT2D eigenvalue weighted by Gasteiger charge is 2.15. The van der Waals surface area contributed by atoms with Gasteiger partial charge in [-0.15, -0.1) is 24.0 Å². The Morgan fingerprint density at radius 1 is 1.22 bits per heavy atom. The summed E-state index contributed by atoms with van der Waals surface area (Å²) in [6.07, 6.45) is 4.23. The first kappa shape index (κ1) is 25.5. The van der Waals surface area contributed by atoms with Gasteiger partial charge >= 0.3 is 6.09 Å². The number of guanidine groups is 1. The molecule has 0 spiro atoms. The molecule has 0 bridgehead atoms. The van der Waals surface area contributed by atoms with Crippen LogP contribution in [0.3, 0.4) is 0 Å².